The van der Waals surface area contributed by atoms with Crippen LogP contribution >= 0.6 is 0 Å². The van der Waals surface area contributed by atoms with Crippen molar-refractivity contribution < 1.29 is 35.9 Å². The minimum Gasteiger partial charge on any atom is -0.347 e. The fourth-order valence-corrected chi connectivity index (χ4v) is 4.42. The number of unbranched alkanes of at least 4 members (excludes halogenated alkanes) is 2. The van der Waals surface area contributed by atoms with E-state index in [9.17, 15) is 40.7 Å². The lowest BCUT2D eigenvalue weighted by Crippen LogP contribution is -2.38. The summed E-state index contributed by atoms with van der Waals surface area (Å²) in [7, 11) is 0. The predicted octanol–water partition coefficient (Wildman–Crippen LogP) is 6.59. The van der Waals surface area contributed by atoms with Crippen LogP contribution in [0.5, 0.6) is 0 Å². The summed E-state index contributed by atoms with van der Waals surface area (Å²) in [6.45, 7) is 10.1. The summed E-state index contributed by atoms with van der Waals surface area (Å²) in [5.41, 5.74) is -2.87. The summed E-state index contributed by atoms with van der Waals surface area (Å²) in [5.74, 6) is -0.866. The molecular weight excluding hydrogens is 580 g/mol. The van der Waals surface area contributed by atoms with Crippen LogP contribution in [0.3, 0.4) is 0 Å². The number of alkyl halides is 6. The Balaban J connectivity index is 0.000000557. The number of aromatic nitrogens is 2. The van der Waals surface area contributed by atoms with E-state index in [4.69, 9.17) is 0 Å². The molecule has 1 heterocycles. The molecule has 0 radical (unpaired) electrons. The van der Waals surface area contributed by atoms with Crippen LogP contribution in [0, 0.1) is 0 Å². The number of fused-ring (bicyclic) bond motifs is 1. The van der Waals surface area contributed by atoms with E-state index < -0.39 is 41.0 Å². The fourth-order valence-electron chi connectivity index (χ4n) is 4.42. The average Bonchev–Trinajstić information content (AvgIpc) is 3.29. The van der Waals surface area contributed by atoms with Gasteiger partial charge in [0.1, 0.15) is 12.0 Å². The maximum atomic E-state index is 13.2. The molecule has 2 amide bonds. The predicted molar refractivity (Wildman–Crippen MR) is 152 cm³/mol. The monoisotopic (exact) mass is 621 g/mol. The highest BCUT2D eigenvalue weighted by Crippen LogP contribution is 2.37. The van der Waals surface area contributed by atoms with Crippen LogP contribution in [0.1, 0.15) is 102 Å². The average molecular weight is 622 g/mol. The highest BCUT2D eigenvalue weighted by atomic mass is 19.4. The van der Waals surface area contributed by atoms with Gasteiger partial charge in [0.15, 0.2) is 0 Å². The van der Waals surface area contributed by atoms with Gasteiger partial charge in [0.05, 0.1) is 17.3 Å². The second-order valence-electron chi connectivity index (χ2n) is 9.97. The molecule has 2 N–H and O–H groups in total. The number of rotatable bonds is 12. The second kappa shape index (κ2) is 17.6. The summed E-state index contributed by atoms with van der Waals surface area (Å²) in [6.07, 6.45) is -1.28. The lowest BCUT2D eigenvalue weighted by Gasteiger charge is -2.22. The molecule has 1 atom stereocenters. The Bertz CT molecular complexity index is 1220. The first-order valence-corrected chi connectivity index (χ1v) is 14.3. The Morgan fingerprint density at radius 1 is 1.09 bits per heavy atom. The van der Waals surface area contributed by atoms with Crippen molar-refractivity contribution >= 4 is 18.0 Å². The number of allylic oxidation sites excluding steroid dienone is 4. The normalized spacial score (nSPS) is 15.7. The number of carbonyl (C=O) groups is 2. The zero-order valence-electron chi connectivity index (χ0n) is 25.2. The number of nitrogens with one attached hydrogen (secondary N) is 2. The van der Waals surface area contributed by atoms with Crippen LogP contribution in [0.4, 0.5) is 26.3 Å². The molecule has 0 fully saturated rings. The topological polar surface area (TPSA) is 108 Å². The van der Waals surface area contributed by atoms with Crippen LogP contribution in [0.25, 0.3) is 0 Å². The smallest absolute Gasteiger partial charge is 0.347 e. The molecule has 0 aromatic carbocycles. The van der Waals surface area contributed by atoms with E-state index in [-0.39, 0.29) is 36.4 Å². The summed E-state index contributed by atoms with van der Waals surface area (Å²) in [5, 5.41) is 8.17. The zero-order valence-corrected chi connectivity index (χ0v) is 25.2. The van der Waals surface area contributed by atoms with Crippen molar-refractivity contribution in [3.63, 3.8) is 0 Å². The number of aromatic amines is 1. The van der Waals surface area contributed by atoms with E-state index in [2.05, 4.69) is 22.3 Å². The number of halogens is 6. The van der Waals surface area contributed by atoms with Crippen molar-refractivity contribution in [2.24, 2.45) is 4.99 Å². The van der Waals surface area contributed by atoms with E-state index in [1.54, 1.807) is 17.9 Å². The lowest BCUT2D eigenvalue weighted by molar-refractivity contribution is -0.139. The minimum absolute atomic E-state index is 0.00563. The third-order valence-corrected chi connectivity index (χ3v) is 6.48. The Morgan fingerprint density at radius 2 is 1.77 bits per heavy atom. The Morgan fingerprint density at radius 3 is 2.30 bits per heavy atom. The third-order valence-electron chi connectivity index (χ3n) is 6.48. The highest BCUT2D eigenvalue weighted by Gasteiger charge is 2.41. The molecule has 1 unspecified atom stereocenters. The number of aliphatic imine (C=N–C) groups is 1. The molecule has 0 spiro atoms. The Labute approximate surface area is 247 Å². The number of hydrogen-bond donors (Lipinski definition) is 2. The zero-order chi connectivity index (χ0) is 32.8. The van der Waals surface area contributed by atoms with Crippen molar-refractivity contribution in [2.75, 3.05) is 13.1 Å². The minimum atomic E-state index is -4.80. The largest absolute Gasteiger partial charge is 0.422 e. The van der Waals surface area contributed by atoms with Gasteiger partial charge in [-0.2, -0.15) is 31.4 Å². The Hall–Kier alpha value is -3.45. The molecule has 0 saturated heterocycles. The second-order valence-corrected chi connectivity index (χ2v) is 9.97. The molecule has 14 heteroatoms. The van der Waals surface area contributed by atoms with E-state index in [1.165, 1.54) is 6.92 Å². The Kier molecular flexibility index (Phi) is 15.4. The van der Waals surface area contributed by atoms with E-state index in [0.717, 1.165) is 44.4 Å². The first-order valence-electron chi connectivity index (χ1n) is 14.3. The van der Waals surface area contributed by atoms with Gasteiger partial charge in [-0.15, -0.1) is 0 Å². The van der Waals surface area contributed by atoms with E-state index in [1.807, 2.05) is 18.9 Å². The number of H-pyrrole nitrogens is 1. The SMILES string of the molecule is CCCCCN(CCC)C(=O)CC(=O)NC1CCc2c1n[nH]c(=O)c2C(F)(F)F.C\C=C(/C=N/C(C)=C/CC)C(F)(F)F. The van der Waals surface area contributed by atoms with Gasteiger partial charge in [0.2, 0.25) is 11.8 Å². The van der Waals surface area contributed by atoms with Gasteiger partial charge < -0.3 is 10.2 Å². The summed E-state index contributed by atoms with van der Waals surface area (Å²) in [4.78, 5) is 41.7. The first kappa shape index (κ1) is 37.6. The van der Waals surface area contributed by atoms with Crippen molar-refractivity contribution in [1.29, 1.82) is 0 Å². The molecule has 1 aliphatic rings. The van der Waals surface area contributed by atoms with Crippen LogP contribution in [0.15, 0.2) is 33.2 Å². The van der Waals surface area contributed by atoms with Crippen LogP contribution in [-0.4, -0.2) is 52.4 Å². The standard InChI is InChI=1S/C19H27F3N4O3.C10H14F3N/c1-3-5-6-10-26(9-4-2)15(28)11-14(27)23-13-8-7-12-16(19(20,21)22)18(29)25-24-17(12)13;1-4-6-8(3)14-7-9(5-2)10(11,12)13/h13H,3-11H2,1-2H3,(H,23,27)(H,25,29);5-7H,4H2,1-3H3/b;8-6+,9-5+,14-7+. The van der Waals surface area contributed by atoms with Crippen molar-refractivity contribution in [3.05, 3.63) is 50.6 Å². The van der Waals surface area contributed by atoms with Gasteiger partial charge in [0.25, 0.3) is 5.56 Å². The van der Waals surface area contributed by atoms with Crippen LogP contribution in [-0.2, 0) is 22.2 Å². The van der Waals surface area contributed by atoms with Crippen molar-refractivity contribution in [1.82, 2.24) is 20.4 Å². The van der Waals surface area contributed by atoms with Gasteiger partial charge in [-0.25, -0.2) is 5.10 Å². The maximum Gasteiger partial charge on any atom is 0.422 e. The number of amides is 2. The summed E-state index contributed by atoms with van der Waals surface area (Å²) < 4.78 is 76.0. The van der Waals surface area contributed by atoms with Crippen molar-refractivity contribution in [2.45, 2.75) is 104 Å². The number of hydrogen-bond acceptors (Lipinski definition) is 5. The number of carbonyl (C=O) groups excluding carboxylic acids is 2. The molecule has 1 aromatic heterocycles. The highest BCUT2D eigenvalue weighted by molar-refractivity contribution is 5.97. The molecule has 2 rings (SSSR count). The third kappa shape index (κ3) is 12.4. The molecular formula is C29H41F6N5O3. The van der Waals surface area contributed by atoms with Gasteiger partial charge in [0, 0.05) is 25.0 Å². The lowest BCUT2D eigenvalue weighted by atomic mass is 10.1. The molecule has 1 aromatic rings. The quantitative estimate of drug-likeness (QED) is 0.119. The molecule has 0 saturated carbocycles. The number of nitrogens with zero attached hydrogens (tertiary/aromatic N) is 3. The van der Waals surface area contributed by atoms with Gasteiger partial charge >= 0.3 is 12.4 Å². The molecule has 8 nitrogen and oxygen atoms in total. The van der Waals surface area contributed by atoms with Crippen LogP contribution < -0.4 is 10.9 Å². The fraction of sp³-hybridized carbons (Fsp3) is 0.621. The van der Waals surface area contributed by atoms with Crippen LogP contribution in [0.2, 0.25) is 0 Å². The molecule has 242 valence electrons. The molecule has 0 aliphatic heterocycles. The first-order chi connectivity index (χ1) is 20.1. The molecule has 0 bridgehead atoms. The summed E-state index contributed by atoms with van der Waals surface area (Å²) >= 11 is 0. The molecule has 43 heavy (non-hydrogen) atoms. The molecule has 1 aliphatic carbocycles. The summed E-state index contributed by atoms with van der Waals surface area (Å²) in [6, 6.07) is -0.761. The van der Waals surface area contributed by atoms with Gasteiger partial charge in [-0.05, 0) is 51.5 Å². The van der Waals surface area contributed by atoms with E-state index >= 15 is 0 Å². The maximum absolute atomic E-state index is 13.2. The van der Waals surface area contributed by atoms with Gasteiger partial charge in [-0.1, -0.05) is 45.8 Å². The van der Waals surface area contributed by atoms with Crippen molar-refractivity contribution in [3.8, 4) is 0 Å². The van der Waals surface area contributed by atoms with E-state index in [0.29, 0.717) is 18.8 Å². The van der Waals surface area contributed by atoms with Gasteiger partial charge in [-0.3, -0.25) is 19.4 Å².